The maximum Gasteiger partial charge on any atom is 0.143 e. The number of hydrogen-bond acceptors (Lipinski definition) is 5. The molecule has 0 saturated carbocycles. The highest BCUT2D eigenvalue weighted by Crippen LogP contribution is 2.13. The van der Waals surface area contributed by atoms with E-state index in [0.717, 1.165) is 31.0 Å². The molecule has 19 heavy (non-hydrogen) atoms. The van der Waals surface area contributed by atoms with Gasteiger partial charge in [0.05, 0.1) is 0 Å². The van der Waals surface area contributed by atoms with E-state index < -0.39 is 0 Å². The highest BCUT2D eigenvalue weighted by atomic mass is 35.5. The molecule has 0 radical (unpaired) electrons. The van der Waals surface area contributed by atoms with E-state index in [4.69, 9.17) is 5.21 Å². The first-order valence-electron chi connectivity index (χ1n) is 5.79. The molecule has 0 atom stereocenters. The van der Waals surface area contributed by atoms with Gasteiger partial charge in [0.15, 0.2) is 0 Å². The molecule has 0 unspecified atom stereocenters. The van der Waals surface area contributed by atoms with E-state index in [1.165, 1.54) is 0 Å². The third-order valence-electron chi connectivity index (χ3n) is 2.56. The molecule has 0 aliphatic carbocycles. The van der Waals surface area contributed by atoms with Gasteiger partial charge in [-0.1, -0.05) is 19.0 Å². The maximum absolute atomic E-state index is 8.99. The van der Waals surface area contributed by atoms with Crippen LogP contribution in [0.15, 0.2) is 29.7 Å². The monoisotopic (exact) mass is 325 g/mol. The SMILES string of the molecule is CCN(CC)CCS/C(=N\O)c1ccncc1.Cl.Cl. The van der Waals surface area contributed by atoms with Crippen molar-refractivity contribution >= 4 is 41.6 Å². The van der Waals surface area contributed by atoms with Crippen LogP contribution in [0.25, 0.3) is 0 Å². The van der Waals surface area contributed by atoms with Crippen molar-refractivity contribution in [3.05, 3.63) is 30.1 Å². The fraction of sp³-hybridized carbons (Fsp3) is 0.500. The van der Waals surface area contributed by atoms with Gasteiger partial charge in [-0.25, -0.2) is 0 Å². The van der Waals surface area contributed by atoms with E-state index in [1.54, 1.807) is 24.2 Å². The molecule has 1 aromatic heterocycles. The Hall–Kier alpha value is -0.490. The van der Waals surface area contributed by atoms with Crippen LogP contribution in [0, 0.1) is 0 Å². The molecule has 0 aliphatic rings. The average molecular weight is 326 g/mol. The zero-order valence-electron chi connectivity index (χ0n) is 11.2. The third kappa shape index (κ3) is 7.62. The van der Waals surface area contributed by atoms with Crippen LogP contribution in [-0.2, 0) is 0 Å². The summed E-state index contributed by atoms with van der Waals surface area (Å²) in [5.74, 6) is 0.920. The largest absolute Gasteiger partial charge is 0.410 e. The minimum Gasteiger partial charge on any atom is -0.410 e. The molecule has 4 nitrogen and oxygen atoms in total. The Balaban J connectivity index is 0. The quantitative estimate of drug-likeness (QED) is 0.378. The topological polar surface area (TPSA) is 48.7 Å². The van der Waals surface area contributed by atoms with Gasteiger partial charge in [0.1, 0.15) is 5.04 Å². The summed E-state index contributed by atoms with van der Waals surface area (Å²) in [6.45, 7) is 7.41. The first-order valence-corrected chi connectivity index (χ1v) is 6.78. The molecule has 7 heteroatoms. The molecule has 0 amide bonds. The molecule has 0 aromatic carbocycles. The summed E-state index contributed by atoms with van der Waals surface area (Å²) in [5.41, 5.74) is 0.909. The fourth-order valence-corrected chi connectivity index (χ4v) is 2.38. The molecule has 0 spiro atoms. The van der Waals surface area contributed by atoms with Gasteiger partial charge in [-0.2, -0.15) is 0 Å². The fourth-order valence-electron chi connectivity index (χ4n) is 1.48. The van der Waals surface area contributed by atoms with Gasteiger partial charge in [0, 0.05) is 30.3 Å². The van der Waals surface area contributed by atoms with E-state index in [2.05, 4.69) is 28.9 Å². The van der Waals surface area contributed by atoms with E-state index in [1.807, 2.05) is 12.1 Å². The van der Waals surface area contributed by atoms with Crippen LogP contribution in [0.2, 0.25) is 0 Å². The average Bonchev–Trinajstić information content (AvgIpc) is 2.40. The predicted octanol–water partition coefficient (Wildman–Crippen LogP) is 3.14. The molecule has 1 heterocycles. The lowest BCUT2D eigenvalue weighted by atomic mass is 10.3. The number of rotatable bonds is 6. The highest BCUT2D eigenvalue weighted by Gasteiger charge is 2.06. The molecule has 0 aliphatic heterocycles. The molecular formula is C12H21Cl2N3OS. The third-order valence-corrected chi connectivity index (χ3v) is 3.54. The van der Waals surface area contributed by atoms with Crippen LogP contribution in [0.3, 0.4) is 0 Å². The molecule has 0 saturated heterocycles. The van der Waals surface area contributed by atoms with Crippen molar-refractivity contribution in [2.75, 3.05) is 25.4 Å². The summed E-state index contributed by atoms with van der Waals surface area (Å²) in [7, 11) is 0. The molecule has 1 rings (SSSR count). The Labute approximate surface area is 131 Å². The van der Waals surface area contributed by atoms with Crippen molar-refractivity contribution in [3.8, 4) is 0 Å². The van der Waals surface area contributed by atoms with Crippen molar-refractivity contribution in [2.45, 2.75) is 13.8 Å². The zero-order valence-corrected chi connectivity index (χ0v) is 13.6. The number of pyridine rings is 1. The van der Waals surface area contributed by atoms with Gasteiger partial charge in [-0.3, -0.25) is 4.98 Å². The standard InChI is InChI=1S/C12H19N3OS.2ClH/c1-3-15(4-2)9-10-17-12(14-16)11-5-7-13-8-6-11;;/h5-8,16H,3-4,9-10H2,1-2H3;2*1H/b14-12-;;. The van der Waals surface area contributed by atoms with Gasteiger partial charge in [-0.15, -0.1) is 36.6 Å². The van der Waals surface area contributed by atoms with E-state index in [-0.39, 0.29) is 24.8 Å². The predicted molar refractivity (Wildman–Crippen MR) is 87.3 cm³/mol. The summed E-state index contributed by atoms with van der Waals surface area (Å²) < 4.78 is 0. The van der Waals surface area contributed by atoms with E-state index in [9.17, 15) is 0 Å². The Kier molecular flexibility index (Phi) is 13.7. The number of oxime groups is 1. The normalized spacial score (nSPS) is 10.8. The highest BCUT2D eigenvalue weighted by molar-refractivity contribution is 8.14. The second-order valence-electron chi connectivity index (χ2n) is 3.52. The molecule has 0 fully saturated rings. The van der Waals surface area contributed by atoms with Crippen molar-refractivity contribution < 1.29 is 5.21 Å². The van der Waals surface area contributed by atoms with Crippen molar-refractivity contribution in [1.29, 1.82) is 0 Å². The van der Waals surface area contributed by atoms with Crippen LogP contribution in [0.5, 0.6) is 0 Å². The summed E-state index contributed by atoms with van der Waals surface area (Å²) in [6.07, 6.45) is 3.40. The van der Waals surface area contributed by atoms with Crippen LogP contribution in [0.1, 0.15) is 19.4 Å². The lowest BCUT2D eigenvalue weighted by molar-refractivity contribution is 0.320. The number of hydrogen-bond donors (Lipinski definition) is 1. The van der Waals surface area contributed by atoms with Gasteiger partial charge in [0.2, 0.25) is 0 Å². The number of halogens is 2. The van der Waals surface area contributed by atoms with Gasteiger partial charge >= 0.3 is 0 Å². The maximum atomic E-state index is 8.99. The van der Waals surface area contributed by atoms with Crippen LogP contribution in [-0.4, -0.2) is 45.5 Å². The number of thioether (sulfide) groups is 1. The first-order chi connectivity index (χ1) is 8.31. The Bertz CT molecular complexity index is 348. The van der Waals surface area contributed by atoms with Gasteiger partial charge < -0.3 is 10.1 Å². The molecule has 1 N–H and O–H groups in total. The van der Waals surface area contributed by atoms with Crippen LogP contribution >= 0.6 is 36.6 Å². The summed E-state index contributed by atoms with van der Waals surface area (Å²) >= 11 is 1.56. The molecular weight excluding hydrogens is 305 g/mol. The van der Waals surface area contributed by atoms with Crippen LogP contribution in [0.4, 0.5) is 0 Å². The van der Waals surface area contributed by atoms with Gasteiger partial charge in [0.25, 0.3) is 0 Å². The van der Waals surface area contributed by atoms with Crippen molar-refractivity contribution in [2.24, 2.45) is 5.16 Å². The zero-order chi connectivity index (χ0) is 12.5. The minimum absolute atomic E-state index is 0. The van der Waals surface area contributed by atoms with Crippen LogP contribution < -0.4 is 0 Å². The Morgan fingerprint density at radius 2 is 1.84 bits per heavy atom. The Morgan fingerprint density at radius 1 is 1.26 bits per heavy atom. The van der Waals surface area contributed by atoms with E-state index in [0.29, 0.717) is 5.04 Å². The number of nitrogens with zero attached hydrogens (tertiary/aromatic N) is 3. The lowest BCUT2D eigenvalue weighted by Crippen LogP contribution is -2.25. The lowest BCUT2D eigenvalue weighted by Gasteiger charge is -2.17. The number of aromatic nitrogens is 1. The van der Waals surface area contributed by atoms with Crippen molar-refractivity contribution in [1.82, 2.24) is 9.88 Å². The molecule has 0 bridgehead atoms. The summed E-state index contributed by atoms with van der Waals surface area (Å²) in [5, 5.41) is 13.0. The van der Waals surface area contributed by atoms with Gasteiger partial charge in [-0.05, 0) is 25.2 Å². The molecule has 110 valence electrons. The smallest absolute Gasteiger partial charge is 0.143 e. The summed E-state index contributed by atoms with van der Waals surface area (Å²) in [4.78, 5) is 6.28. The van der Waals surface area contributed by atoms with E-state index >= 15 is 0 Å². The second kappa shape index (κ2) is 12.5. The molecule has 1 aromatic rings. The second-order valence-corrected chi connectivity index (χ2v) is 4.60. The minimum atomic E-state index is 0. The summed E-state index contributed by atoms with van der Waals surface area (Å²) in [6, 6.07) is 3.69. The van der Waals surface area contributed by atoms with Crippen molar-refractivity contribution in [3.63, 3.8) is 0 Å². The Morgan fingerprint density at radius 3 is 2.32 bits per heavy atom. The first kappa shape index (κ1) is 20.8.